The molecule has 1 amide bonds. The van der Waals surface area contributed by atoms with E-state index in [2.05, 4.69) is 15.3 Å². The molecule has 164 valence electrons. The average molecular weight is 455 g/mol. The first-order valence-corrected chi connectivity index (χ1v) is 9.08. The molecule has 1 N–H and O–H groups in total. The Hall–Kier alpha value is -2.56. The lowest BCUT2D eigenvalue weighted by Gasteiger charge is -2.32. The van der Waals surface area contributed by atoms with Crippen LogP contribution in [-0.4, -0.2) is 36.0 Å². The van der Waals surface area contributed by atoms with Gasteiger partial charge in [-0.3, -0.25) is 4.79 Å². The van der Waals surface area contributed by atoms with Crippen molar-refractivity contribution in [3.63, 3.8) is 0 Å². The molecule has 0 radical (unpaired) electrons. The molecular formula is C18H17ClF6N4O. The molecule has 12 heteroatoms. The predicted octanol–water partition coefficient (Wildman–Crippen LogP) is 4.35. The number of benzene rings is 1. The first-order chi connectivity index (χ1) is 14.0. The summed E-state index contributed by atoms with van der Waals surface area (Å²) in [5, 5.41) is 2.26. The van der Waals surface area contributed by atoms with Gasteiger partial charge in [0.05, 0.1) is 5.56 Å². The van der Waals surface area contributed by atoms with E-state index >= 15 is 0 Å². The first kappa shape index (κ1) is 23.7. The van der Waals surface area contributed by atoms with Crippen molar-refractivity contribution in [2.24, 2.45) is 0 Å². The summed E-state index contributed by atoms with van der Waals surface area (Å²) in [5.41, 5.74) is 0.104. The van der Waals surface area contributed by atoms with E-state index in [1.54, 1.807) is 4.90 Å². The quantitative estimate of drug-likeness (QED) is 0.316. The molecule has 1 aliphatic rings. The van der Waals surface area contributed by atoms with E-state index < -0.39 is 23.7 Å². The van der Waals surface area contributed by atoms with Crippen LogP contribution in [0.4, 0.5) is 32.2 Å². The van der Waals surface area contributed by atoms with Crippen molar-refractivity contribution in [3.8, 4) is 0 Å². The standard InChI is InChI=1S/C10H10F3NO.C8H7ClF3N3/c11-10(12,13)9-3-1-8(2-4-9)5-6-14-7-15;9-5-4-6(15-2-1-3-15)14-7(13-5)8(10,11)12/h1-4,7H,5-6H2,(H,14,15);4H,1-3H2. The summed E-state index contributed by atoms with van der Waals surface area (Å²) in [5.74, 6) is -0.939. The molecule has 2 heterocycles. The highest BCUT2D eigenvalue weighted by Crippen LogP contribution is 2.30. The normalized spacial score (nSPS) is 13.8. The topological polar surface area (TPSA) is 58.1 Å². The molecule has 0 aliphatic carbocycles. The Balaban J connectivity index is 0.000000214. The van der Waals surface area contributed by atoms with Crippen molar-refractivity contribution in [1.82, 2.24) is 15.3 Å². The zero-order valence-electron chi connectivity index (χ0n) is 15.4. The van der Waals surface area contributed by atoms with Gasteiger partial charge in [-0.15, -0.1) is 0 Å². The van der Waals surface area contributed by atoms with Crippen LogP contribution >= 0.6 is 11.6 Å². The van der Waals surface area contributed by atoms with Gasteiger partial charge in [-0.25, -0.2) is 9.97 Å². The molecule has 0 unspecified atom stereocenters. The molecule has 1 aromatic heterocycles. The number of rotatable bonds is 5. The number of amides is 1. The largest absolute Gasteiger partial charge is 0.451 e. The van der Waals surface area contributed by atoms with Crippen molar-refractivity contribution in [2.75, 3.05) is 24.5 Å². The Morgan fingerprint density at radius 2 is 1.67 bits per heavy atom. The monoisotopic (exact) mass is 454 g/mol. The summed E-state index contributed by atoms with van der Waals surface area (Å²) in [6.07, 6.45) is -6.80. The van der Waals surface area contributed by atoms with E-state index in [0.717, 1.165) is 24.1 Å². The van der Waals surface area contributed by atoms with Gasteiger partial charge >= 0.3 is 12.4 Å². The van der Waals surface area contributed by atoms with Gasteiger partial charge in [0, 0.05) is 25.7 Å². The lowest BCUT2D eigenvalue weighted by Crippen LogP contribution is -2.38. The fraction of sp³-hybridized carbons (Fsp3) is 0.389. The second-order valence-corrected chi connectivity index (χ2v) is 6.61. The van der Waals surface area contributed by atoms with E-state index in [1.165, 1.54) is 18.2 Å². The van der Waals surface area contributed by atoms with Crippen LogP contribution in [0.5, 0.6) is 0 Å². The predicted molar refractivity (Wildman–Crippen MR) is 98.1 cm³/mol. The number of anilines is 1. The van der Waals surface area contributed by atoms with E-state index in [-0.39, 0.29) is 11.0 Å². The van der Waals surface area contributed by atoms with Gasteiger partial charge < -0.3 is 10.2 Å². The minimum absolute atomic E-state index is 0.181. The van der Waals surface area contributed by atoms with E-state index in [0.29, 0.717) is 32.5 Å². The van der Waals surface area contributed by atoms with Crippen molar-refractivity contribution >= 4 is 23.8 Å². The van der Waals surface area contributed by atoms with Gasteiger partial charge in [0.2, 0.25) is 12.2 Å². The van der Waals surface area contributed by atoms with Crippen LogP contribution in [0.15, 0.2) is 30.3 Å². The zero-order chi connectivity index (χ0) is 22.4. The molecule has 3 rings (SSSR count). The van der Waals surface area contributed by atoms with Gasteiger partial charge in [0.15, 0.2) is 0 Å². The van der Waals surface area contributed by atoms with Crippen LogP contribution < -0.4 is 10.2 Å². The van der Waals surface area contributed by atoms with Crippen LogP contribution in [0.25, 0.3) is 0 Å². The number of hydrogen-bond acceptors (Lipinski definition) is 4. The Bertz CT molecular complexity index is 838. The first-order valence-electron chi connectivity index (χ1n) is 8.70. The Morgan fingerprint density at radius 3 is 2.13 bits per heavy atom. The highest BCUT2D eigenvalue weighted by Gasteiger charge is 2.36. The van der Waals surface area contributed by atoms with Crippen molar-refractivity contribution in [3.05, 3.63) is 52.4 Å². The minimum Gasteiger partial charge on any atom is -0.358 e. The molecule has 0 spiro atoms. The third-order valence-corrected chi connectivity index (χ3v) is 4.23. The molecule has 30 heavy (non-hydrogen) atoms. The number of alkyl halides is 6. The average Bonchev–Trinajstić information content (AvgIpc) is 2.59. The Labute approximate surface area is 173 Å². The summed E-state index contributed by atoms with van der Waals surface area (Å²) >= 11 is 5.50. The number of nitrogens with zero attached hydrogens (tertiary/aromatic N) is 3. The highest BCUT2D eigenvalue weighted by atomic mass is 35.5. The maximum absolute atomic E-state index is 12.3. The summed E-state index contributed by atoms with van der Waals surface area (Å²) in [6.45, 7) is 1.85. The number of hydrogen-bond donors (Lipinski definition) is 1. The number of carbonyl (C=O) groups excluding carboxylic acids is 1. The summed E-state index contributed by atoms with van der Waals surface area (Å²) in [7, 11) is 0. The van der Waals surface area contributed by atoms with Crippen molar-refractivity contribution < 1.29 is 31.1 Å². The number of carbonyl (C=O) groups is 1. The third kappa shape index (κ3) is 7.05. The molecule has 1 saturated heterocycles. The second kappa shape index (κ2) is 9.96. The summed E-state index contributed by atoms with van der Waals surface area (Å²) in [4.78, 5) is 18.2. The molecule has 1 aromatic carbocycles. The number of halogens is 7. The summed E-state index contributed by atoms with van der Waals surface area (Å²) < 4.78 is 73.5. The van der Waals surface area contributed by atoms with E-state index in [4.69, 9.17) is 11.6 Å². The fourth-order valence-corrected chi connectivity index (χ4v) is 2.55. The van der Waals surface area contributed by atoms with E-state index in [9.17, 15) is 31.1 Å². The highest BCUT2D eigenvalue weighted by molar-refractivity contribution is 6.29. The Morgan fingerprint density at radius 1 is 1.03 bits per heavy atom. The molecule has 5 nitrogen and oxygen atoms in total. The molecule has 2 aromatic rings. The second-order valence-electron chi connectivity index (χ2n) is 6.23. The van der Waals surface area contributed by atoms with Crippen LogP contribution in [0.2, 0.25) is 5.15 Å². The molecular weight excluding hydrogens is 438 g/mol. The third-order valence-electron chi connectivity index (χ3n) is 4.04. The maximum atomic E-state index is 12.3. The van der Waals surface area contributed by atoms with Crippen LogP contribution in [-0.2, 0) is 23.6 Å². The number of nitrogens with one attached hydrogen (secondary N) is 1. The minimum atomic E-state index is -4.55. The molecule has 0 atom stereocenters. The SMILES string of the molecule is FC(F)(F)c1nc(Cl)cc(N2CCC2)n1.O=CNCCc1ccc(C(F)(F)F)cc1. The van der Waals surface area contributed by atoms with Crippen LogP contribution in [0.1, 0.15) is 23.4 Å². The van der Waals surface area contributed by atoms with Gasteiger partial charge in [0.25, 0.3) is 0 Å². The molecule has 0 bridgehead atoms. The molecule has 1 fully saturated rings. The van der Waals surface area contributed by atoms with Gasteiger partial charge in [0.1, 0.15) is 11.0 Å². The zero-order valence-corrected chi connectivity index (χ0v) is 16.2. The molecule has 0 saturated carbocycles. The van der Waals surface area contributed by atoms with Crippen LogP contribution in [0, 0.1) is 0 Å². The Kier molecular flexibility index (Phi) is 7.88. The number of aromatic nitrogens is 2. The van der Waals surface area contributed by atoms with Gasteiger partial charge in [-0.1, -0.05) is 23.7 Å². The van der Waals surface area contributed by atoms with Gasteiger partial charge in [-0.2, -0.15) is 26.3 Å². The lowest BCUT2D eigenvalue weighted by molar-refractivity contribution is -0.145. The lowest BCUT2D eigenvalue weighted by atomic mass is 10.1. The molecule has 1 aliphatic heterocycles. The van der Waals surface area contributed by atoms with E-state index in [1.807, 2.05) is 0 Å². The fourth-order valence-electron chi connectivity index (χ4n) is 2.38. The smallest absolute Gasteiger partial charge is 0.358 e. The maximum Gasteiger partial charge on any atom is 0.451 e. The van der Waals surface area contributed by atoms with Crippen LogP contribution in [0.3, 0.4) is 0 Å². The summed E-state index contributed by atoms with van der Waals surface area (Å²) in [6, 6.07) is 6.24. The van der Waals surface area contributed by atoms with Gasteiger partial charge in [-0.05, 0) is 30.5 Å². The van der Waals surface area contributed by atoms with Crippen molar-refractivity contribution in [2.45, 2.75) is 25.2 Å². The van der Waals surface area contributed by atoms with Crippen molar-refractivity contribution in [1.29, 1.82) is 0 Å².